The Hall–Kier alpha value is -1.09. The van der Waals surface area contributed by atoms with Crippen molar-refractivity contribution < 1.29 is 4.39 Å². The number of rotatable bonds is 4. The largest absolute Gasteiger partial charge is 0.370 e. The molecule has 1 aromatic carbocycles. The molecule has 1 aromatic rings. The van der Waals surface area contributed by atoms with Crippen LogP contribution in [0.4, 0.5) is 10.1 Å². The molecule has 0 unspecified atom stereocenters. The summed E-state index contributed by atoms with van der Waals surface area (Å²) in [7, 11) is 1.67. The van der Waals surface area contributed by atoms with E-state index in [2.05, 4.69) is 20.1 Å². The molecule has 0 radical (unpaired) electrons. The van der Waals surface area contributed by atoms with Crippen molar-refractivity contribution in [2.75, 3.05) is 51.2 Å². The summed E-state index contributed by atoms with van der Waals surface area (Å²) in [6.07, 6.45) is 0. The highest BCUT2D eigenvalue weighted by molar-refractivity contribution is 14.0. The van der Waals surface area contributed by atoms with Crippen molar-refractivity contribution in [3.63, 3.8) is 0 Å². The molecule has 0 saturated carbocycles. The normalized spacial score (nSPS) is 16.5. The van der Waals surface area contributed by atoms with Crippen LogP contribution in [0.25, 0.3) is 0 Å². The quantitative estimate of drug-likeness (QED) is 0.446. The Kier molecular flexibility index (Phi) is 7.73. The van der Waals surface area contributed by atoms with Gasteiger partial charge < -0.3 is 16.0 Å². The van der Waals surface area contributed by atoms with E-state index in [4.69, 9.17) is 5.73 Å². The molecule has 1 aliphatic rings. The van der Waals surface area contributed by atoms with Gasteiger partial charge in [-0.3, -0.25) is 9.89 Å². The highest BCUT2D eigenvalue weighted by atomic mass is 127. The highest BCUT2D eigenvalue weighted by Crippen LogP contribution is 2.16. The molecular formula is C14H23FIN5. The van der Waals surface area contributed by atoms with Gasteiger partial charge in [0.15, 0.2) is 5.96 Å². The molecule has 3 N–H and O–H groups in total. The lowest BCUT2D eigenvalue weighted by molar-refractivity contribution is 0.261. The van der Waals surface area contributed by atoms with Crippen LogP contribution >= 0.6 is 24.0 Å². The smallest absolute Gasteiger partial charge is 0.188 e. The molecule has 1 aliphatic heterocycles. The molecule has 118 valence electrons. The van der Waals surface area contributed by atoms with Crippen LogP contribution in [0.2, 0.25) is 0 Å². The number of anilines is 1. The van der Waals surface area contributed by atoms with Crippen molar-refractivity contribution in [1.29, 1.82) is 0 Å². The SMILES string of the molecule is CN=C(N)NCCN1CCN(c2ccc(F)cc2)CC1.I. The molecule has 21 heavy (non-hydrogen) atoms. The van der Waals surface area contributed by atoms with Gasteiger partial charge in [-0.15, -0.1) is 24.0 Å². The predicted octanol–water partition coefficient (Wildman–Crippen LogP) is 1.10. The number of hydrogen-bond acceptors (Lipinski definition) is 3. The van der Waals surface area contributed by atoms with Gasteiger partial charge in [0, 0.05) is 52.0 Å². The number of nitrogens with two attached hydrogens (primary N) is 1. The van der Waals surface area contributed by atoms with Gasteiger partial charge in [0.05, 0.1) is 0 Å². The Morgan fingerprint density at radius 2 is 1.86 bits per heavy atom. The number of aliphatic imine (C=N–C) groups is 1. The number of halogens is 2. The predicted molar refractivity (Wildman–Crippen MR) is 96.0 cm³/mol. The molecule has 0 aliphatic carbocycles. The van der Waals surface area contributed by atoms with Crippen molar-refractivity contribution in [2.45, 2.75) is 0 Å². The van der Waals surface area contributed by atoms with Gasteiger partial charge in [-0.1, -0.05) is 0 Å². The van der Waals surface area contributed by atoms with Crippen molar-refractivity contribution >= 4 is 35.6 Å². The molecule has 5 nitrogen and oxygen atoms in total. The topological polar surface area (TPSA) is 56.9 Å². The molecule has 1 heterocycles. The molecule has 0 amide bonds. The van der Waals surface area contributed by atoms with Crippen LogP contribution in [0.5, 0.6) is 0 Å². The van der Waals surface area contributed by atoms with Crippen LogP contribution in [-0.2, 0) is 0 Å². The van der Waals surface area contributed by atoms with Crippen LogP contribution in [-0.4, -0.2) is 57.2 Å². The average molecular weight is 407 g/mol. The van der Waals surface area contributed by atoms with E-state index in [1.54, 1.807) is 7.05 Å². The van der Waals surface area contributed by atoms with Crippen molar-refractivity contribution in [2.24, 2.45) is 10.7 Å². The van der Waals surface area contributed by atoms with E-state index in [0.717, 1.165) is 45.0 Å². The maximum atomic E-state index is 12.9. The Morgan fingerprint density at radius 1 is 1.24 bits per heavy atom. The summed E-state index contributed by atoms with van der Waals surface area (Å²) >= 11 is 0. The zero-order valence-electron chi connectivity index (χ0n) is 12.3. The summed E-state index contributed by atoms with van der Waals surface area (Å²) in [5.74, 6) is 0.295. The average Bonchev–Trinajstić information content (AvgIpc) is 2.48. The number of guanidine groups is 1. The minimum atomic E-state index is -0.186. The maximum absolute atomic E-state index is 12.9. The van der Waals surface area contributed by atoms with Gasteiger partial charge in [-0.2, -0.15) is 0 Å². The number of piperazine rings is 1. The fraction of sp³-hybridized carbons (Fsp3) is 0.500. The van der Waals surface area contributed by atoms with Gasteiger partial charge in [-0.05, 0) is 24.3 Å². The van der Waals surface area contributed by atoms with E-state index in [-0.39, 0.29) is 29.8 Å². The van der Waals surface area contributed by atoms with Crippen LogP contribution < -0.4 is 16.0 Å². The van der Waals surface area contributed by atoms with Crippen LogP contribution in [0.1, 0.15) is 0 Å². The van der Waals surface area contributed by atoms with Crippen LogP contribution in [0.3, 0.4) is 0 Å². The minimum Gasteiger partial charge on any atom is -0.370 e. The maximum Gasteiger partial charge on any atom is 0.188 e. The van der Waals surface area contributed by atoms with Crippen LogP contribution in [0.15, 0.2) is 29.3 Å². The molecule has 0 spiro atoms. The fourth-order valence-electron chi connectivity index (χ4n) is 2.30. The van der Waals surface area contributed by atoms with Crippen molar-refractivity contribution in [3.8, 4) is 0 Å². The van der Waals surface area contributed by atoms with E-state index in [9.17, 15) is 4.39 Å². The minimum absolute atomic E-state index is 0. The van der Waals surface area contributed by atoms with Crippen molar-refractivity contribution in [3.05, 3.63) is 30.1 Å². The lowest BCUT2D eigenvalue weighted by Gasteiger charge is -2.36. The third-order valence-corrected chi connectivity index (χ3v) is 3.54. The van der Waals surface area contributed by atoms with Gasteiger partial charge in [-0.25, -0.2) is 4.39 Å². The monoisotopic (exact) mass is 407 g/mol. The highest BCUT2D eigenvalue weighted by Gasteiger charge is 2.16. The summed E-state index contributed by atoms with van der Waals surface area (Å²) < 4.78 is 12.9. The second kappa shape index (κ2) is 9.04. The zero-order valence-corrected chi connectivity index (χ0v) is 14.6. The van der Waals surface area contributed by atoms with E-state index in [1.807, 2.05) is 12.1 Å². The Morgan fingerprint density at radius 3 is 2.43 bits per heavy atom. The fourth-order valence-corrected chi connectivity index (χ4v) is 2.30. The van der Waals surface area contributed by atoms with Crippen molar-refractivity contribution in [1.82, 2.24) is 10.2 Å². The Bertz CT molecular complexity index is 443. The number of hydrogen-bond donors (Lipinski definition) is 2. The second-order valence-corrected chi connectivity index (χ2v) is 4.84. The molecule has 0 atom stereocenters. The van der Waals surface area contributed by atoms with E-state index < -0.39 is 0 Å². The third kappa shape index (κ3) is 5.66. The number of nitrogens with zero attached hydrogens (tertiary/aromatic N) is 3. The van der Waals surface area contributed by atoms with Crippen LogP contribution in [0, 0.1) is 5.82 Å². The Balaban J connectivity index is 0.00000220. The molecule has 7 heteroatoms. The van der Waals surface area contributed by atoms with E-state index >= 15 is 0 Å². The molecule has 0 bridgehead atoms. The third-order valence-electron chi connectivity index (χ3n) is 3.54. The lowest BCUT2D eigenvalue weighted by Crippen LogP contribution is -2.49. The first-order valence-corrected chi connectivity index (χ1v) is 6.88. The first-order chi connectivity index (χ1) is 9.69. The molecular weight excluding hydrogens is 384 g/mol. The summed E-state index contributed by atoms with van der Waals surface area (Å²) in [4.78, 5) is 8.52. The van der Waals surface area contributed by atoms with Gasteiger partial charge in [0.25, 0.3) is 0 Å². The molecule has 1 fully saturated rings. The standard InChI is InChI=1S/C14H22FN5.HI/c1-17-14(16)18-6-7-19-8-10-20(11-9-19)13-4-2-12(15)3-5-13;/h2-5H,6-11H2,1H3,(H3,16,17,18);1H. The first-order valence-electron chi connectivity index (χ1n) is 6.88. The van der Waals surface area contributed by atoms with Gasteiger partial charge >= 0.3 is 0 Å². The van der Waals surface area contributed by atoms with E-state index in [0.29, 0.717) is 5.96 Å². The Labute approximate surface area is 142 Å². The van der Waals surface area contributed by atoms with Gasteiger partial charge in [0.2, 0.25) is 0 Å². The number of nitrogens with one attached hydrogen (secondary N) is 1. The first kappa shape index (κ1) is 18.0. The van der Waals surface area contributed by atoms with Gasteiger partial charge in [0.1, 0.15) is 5.82 Å². The summed E-state index contributed by atoms with van der Waals surface area (Å²) in [5, 5.41) is 3.06. The molecule has 1 saturated heterocycles. The number of benzene rings is 1. The lowest BCUT2D eigenvalue weighted by atomic mass is 10.2. The summed E-state index contributed by atoms with van der Waals surface area (Å²) in [5.41, 5.74) is 6.67. The molecule has 2 rings (SSSR count). The summed E-state index contributed by atoms with van der Waals surface area (Å²) in [6, 6.07) is 6.70. The zero-order chi connectivity index (χ0) is 14.4. The second-order valence-electron chi connectivity index (χ2n) is 4.84. The van der Waals surface area contributed by atoms with E-state index in [1.165, 1.54) is 12.1 Å². The summed E-state index contributed by atoms with van der Waals surface area (Å²) in [6.45, 7) is 5.68. The molecule has 0 aromatic heterocycles.